The maximum absolute atomic E-state index is 10.4. The fraction of sp³-hybridized carbons (Fsp3) is 0.857. The van der Waals surface area contributed by atoms with Crippen molar-refractivity contribution in [3.8, 4) is 0 Å². The summed E-state index contributed by atoms with van der Waals surface area (Å²) >= 11 is 0. The van der Waals surface area contributed by atoms with Crippen LogP contribution in [-0.4, -0.2) is 47.4 Å². The van der Waals surface area contributed by atoms with Gasteiger partial charge in [0.05, 0.1) is 5.54 Å². The molecule has 0 rings (SSSR count). The van der Waals surface area contributed by atoms with Crippen LogP contribution in [-0.2, 0) is 4.79 Å². The maximum atomic E-state index is 10.4. The molecular formula is C7H15N2NaO. The van der Waals surface area contributed by atoms with Gasteiger partial charge in [-0.15, -0.1) is 0 Å². The minimum absolute atomic E-state index is 0. The summed E-state index contributed by atoms with van der Waals surface area (Å²) in [5.41, 5.74) is -0.157. The van der Waals surface area contributed by atoms with Gasteiger partial charge in [0.1, 0.15) is 6.54 Å². The molecule has 11 heavy (non-hydrogen) atoms. The summed E-state index contributed by atoms with van der Waals surface area (Å²) in [5.74, 6) is 0.0491. The number of Topliss-reactive ketones (excluding diaryl/α,β-unsaturated/α-hetero) is 1. The van der Waals surface area contributed by atoms with E-state index >= 15 is 0 Å². The number of azo groups is 1. The van der Waals surface area contributed by atoms with Crippen LogP contribution in [0.15, 0.2) is 10.2 Å². The second kappa shape index (κ2) is 5.86. The quantitative estimate of drug-likeness (QED) is 0.448. The Morgan fingerprint density at radius 3 is 2.09 bits per heavy atom. The Kier molecular flexibility index (Phi) is 7.37. The van der Waals surface area contributed by atoms with Crippen molar-refractivity contribution in [2.75, 3.05) is 6.54 Å². The zero-order chi connectivity index (χ0) is 8.20. The van der Waals surface area contributed by atoms with Crippen LogP contribution < -0.4 is 0 Å². The summed E-state index contributed by atoms with van der Waals surface area (Å²) in [5, 5.41) is 7.62. The van der Waals surface area contributed by atoms with Gasteiger partial charge >= 0.3 is 29.6 Å². The average molecular weight is 166 g/mol. The van der Waals surface area contributed by atoms with Crippen molar-refractivity contribution >= 4 is 35.3 Å². The normalized spacial score (nSPS) is 11.3. The molecule has 0 aromatic carbocycles. The predicted molar refractivity (Wildman–Crippen MR) is 47.3 cm³/mol. The Hall–Kier alpha value is 0.270. The fourth-order valence-corrected chi connectivity index (χ4v) is 0.347. The van der Waals surface area contributed by atoms with Gasteiger partial charge in [-0.25, -0.2) is 0 Å². The second-order valence-corrected chi connectivity index (χ2v) is 3.27. The molecular weight excluding hydrogens is 151 g/mol. The summed E-state index contributed by atoms with van der Waals surface area (Å²) in [6.07, 6.45) is 0. The van der Waals surface area contributed by atoms with Crippen LogP contribution >= 0.6 is 0 Å². The molecule has 0 aromatic rings. The Morgan fingerprint density at radius 2 is 1.82 bits per heavy atom. The number of ketones is 1. The van der Waals surface area contributed by atoms with Crippen molar-refractivity contribution in [3.05, 3.63) is 0 Å². The molecule has 0 atom stereocenters. The van der Waals surface area contributed by atoms with Crippen molar-refractivity contribution in [3.63, 3.8) is 0 Å². The molecule has 0 heterocycles. The van der Waals surface area contributed by atoms with Crippen molar-refractivity contribution < 1.29 is 4.79 Å². The van der Waals surface area contributed by atoms with E-state index in [4.69, 9.17) is 0 Å². The zero-order valence-electron chi connectivity index (χ0n) is 7.01. The van der Waals surface area contributed by atoms with Gasteiger partial charge in [0.15, 0.2) is 5.78 Å². The molecule has 0 saturated carbocycles. The molecule has 0 fully saturated rings. The van der Waals surface area contributed by atoms with E-state index in [-0.39, 0.29) is 47.4 Å². The monoisotopic (exact) mass is 166 g/mol. The Labute approximate surface area is 90.0 Å². The topological polar surface area (TPSA) is 41.8 Å². The Balaban J connectivity index is 0. The predicted octanol–water partition coefficient (Wildman–Crippen LogP) is 1.18. The Bertz CT molecular complexity index is 149. The molecule has 0 unspecified atom stereocenters. The number of hydrogen-bond acceptors (Lipinski definition) is 3. The summed E-state index contributed by atoms with van der Waals surface area (Å²) in [7, 11) is 0. The standard InChI is InChI=1S/C7H14N2O.Na.H/c1-6(10)5-8-9-7(2,3)4;;/h5H2,1-4H3;;. The molecule has 0 aliphatic heterocycles. The van der Waals surface area contributed by atoms with Crippen LogP contribution in [0.3, 0.4) is 0 Å². The number of carbonyl (C=O) groups excluding carboxylic acids is 1. The molecule has 0 saturated heterocycles. The SMILES string of the molecule is CC(=O)CN=NC(C)(C)C.[NaH]. The van der Waals surface area contributed by atoms with Gasteiger partial charge in [0.2, 0.25) is 0 Å². The van der Waals surface area contributed by atoms with Gasteiger partial charge in [-0.3, -0.25) is 4.79 Å². The van der Waals surface area contributed by atoms with Crippen molar-refractivity contribution in [2.45, 2.75) is 33.2 Å². The van der Waals surface area contributed by atoms with Gasteiger partial charge in [0.25, 0.3) is 0 Å². The number of carbonyl (C=O) groups is 1. The number of rotatable bonds is 2. The molecule has 0 aliphatic rings. The third-order valence-electron chi connectivity index (χ3n) is 0.664. The first-order valence-corrected chi connectivity index (χ1v) is 3.30. The molecule has 3 nitrogen and oxygen atoms in total. The van der Waals surface area contributed by atoms with E-state index in [1.54, 1.807) is 0 Å². The van der Waals surface area contributed by atoms with E-state index in [2.05, 4.69) is 10.2 Å². The van der Waals surface area contributed by atoms with E-state index < -0.39 is 0 Å². The molecule has 0 bridgehead atoms. The van der Waals surface area contributed by atoms with Crippen LogP contribution in [0.5, 0.6) is 0 Å². The molecule has 4 heteroatoms. The number of hydrogen-bond donors (Lipinski definition) is 0. The zero-order valence-corrected chi connectivity index (χ0v) is 7.01. The van der Waals surface area contributed by atoms with E-state index in [0.29, 0.717) is 0 Å². The first kappa shape index (κ1) is 13.8. The first-order chi connectivity index (χ1) is 4.42. The minimum atomic E-state index is -0.157. The summed E-state index contributed by atoms with van der Waals surface area (Å²) in [6, 6.07) is 0. The van der Waals surface area contributed by atoms with Crippen LogP contribution in [0.1, 0.15) is 27.7 Å². The van der Waals surface area contributed by atoms with E-state index in [9.17, 15) is 4.79 Å². The van der Waals surface area contributed by atoms with Crippen LogP contribution in [0.25, 0.3) is 0 Å². The van der Waals surface area contributed by atoms with Gasteiger partial charge in [-0.2, -0.15) is 10.2 Å². The van der Waals surface area contributed by atoms with Crippen molar-refractivity contribution in [2.24, 2.45) is 10.2 Å². The fourth-order valence-electron chi connectivity index (χ4n) is 0.347. The summed E-state index contributed by atoms with van der Waals surface area (Å²) in [4.78, 5) is 10.4. The molecule has 0 spiro atoms. The van der Waals surface area contributed by atoms with Crippen LogP contribution in [0.2, 0.25) is 0 Å². The molecule has 60 valence electrons. The van der Waals surface area contributed by atoms with E-state index in [1.165, 1.54) is 6.92 Å². The van der Waals surface area contributed by atoms with Gasteiger partial charge in [-0.05, 0) is 27.7 Å². The Morgan fingerprint density at radius 1 is 1.36 bits per heavy atom. The van der Waals surface area contributed by atoms with Crippen LogP contribution in [0, 0.1) is 0 Å². The van der Waals surface area contributed by atoms with Crippen molar-refractivity contribution in [1.82, 2.24) is 0 Å². The van der Waals surface area contributed by atoms with Crippen molar-refractivity contribution in [1.29, 1.82) is 0 Å². The molecule has 0 amide bonds. The van der Waals surface area contributed by atoms with E-state index in [1.807, 2.05) is 20.8 Å². The third-order valence-corrected chi connectivity index (χ3v) is 0.664. The van der Waals surface area contributed by atoms with E-state index in [0.717, 1.165) is 0 Å². The van der Waals surface area contributed by atoms with Gasteiger partial charge in [-0.1, -0.05) is 0 Å². The van der Waals surface area contributed by atoms with Gasteiger partial charge in [0, 0.05) is 0 Å². The molecule has 0 N–H and O–H groups in total. The third kappa shape index (κ3) is 13.3. The van der Waals surface area contributed by atoms with Crippen LogP contribution in [0.4, 0.5) is 0 Å². The first-order valence-electron chi connectivity index (χ1n) is 3.30. The molecule has 0 aromatic heterocycles. The average Bonchev–Trinajstić information content (AvgIpc) is 1.59. The number of nitrogens with zero attached hydrogens (tertiary/aromatic N) is 2. The van der Waals surface area contributed by atoms with Gasteiger partial charge < -0.3 is 0 Å². The summed E-state index contributed by atoms with van der Waals surface area (Å²) < 4.78 is 0. The molecule has 0 radical (unpaired) electrons. The second-order valence-electron chi connectivity index (χ2n) is 3.27. The summed E-state index contributed by atoms with van der Waals surface area (Å²) in [6.45, 7) is 7.53. The molecule has 0 aliphatic carbocycles.